The summed E-state index contributed by atoms with van der Waals surface area (Å²) in [6.07, 6.45) is -0.101. The van der Waals surface area contributed by atoms with E-state index in [2.05, 4.69) is 18.7 Å². The van der Waals surface area contributed by atoms with Gasteiger partial charge in [-0.25, -0.2) is 0 Å². The lowest BCUT2D eigenvalue weighted by Gasteiger charge is -2.36. The van der Waals surface area contributed by atoms with Gasteiger partial charge >= 0.3 is 0 Å². The summed E-state index contributed by atoms with van der Waals surface area (Å²) in [6, 6.07) is 7.71. The lowest BCUT2D eigenvalue weighted by Crippen LogP contribution is -2.46. The van der Waals surface area contributed by atoms with Crippen molar-refractivity contribution in [2.75, 3.05) is 26.2 Å². The average molecular weight is 279 g/mol. The molecule has 3 atom stereocenters. The second-order valence-corrected chi connectivity index (χ2v) is 5.46. The molecule has 2 rings (SSSR count). The quantitative estimate of drug-likeness (QED) is 0.897. The first-order valence-electron chi connectivity index (χ1n) is 7.37. The Kier molecular flexibility index (Phi) is 5.40. The van der Waals surface area contributed by atoms with Crippen molar-refractivity contribution < 1.29 is 14.6 Å². The van der Waals surface area contributed by atoms with Gasteiger partial charge in [-0.15, -0.1) is 0 Å². The molecule has 1 aliphatic heterocycles. The Balaban J connectivity index is 2.02. The largest absolute Gasteiger partial charge is 0.493 e. The molecule has 4 heteroatoms. The number of morpholine rings is 1. The van der Waals surface area contributed by atoms with Crippen molar-refractivity contribution in [1.29, 1.82) is 0 Å². The Bertz CT molecular complexity index is 414. The van der Waals surface area contributed by atoms with Gasteiger partial charge in [-0.05, 0) is 26.8 Å². The molecule has 0 aromatic heterocycles. The van der Waals surface area contributed by atoms with Crippen molar-refractivity contribution in [2.24, 2.45) is 0 Å². The minimum absolute atomic E-state index is 0.216. The topological polar surface area (TPSA) is 41.9 Å². The van der Waals surface area contributed by atoms with Crippen LogP contribution in [0.2, 0.25) is 0 Å². The molecule has 1 aromatic rings. The van der Waals surface area contributed by atoms with Crippen LogP contribution < -0.4 is 4.74 Å². The van der Waals surface area contributed by atoms with Crippen LogP contribution in [0.5, 0.6) is 5.75 Å². The maximum absolute atomic E-state index is 10.5. The second kappa shape index (κ2) is 7.07. The van der Waals surface area contributed by atoms with Crippen molar-refractivity contribution in [3.8, 4) is 5.75 Å². The van der Waals surface area contributed by atoms with E-state index in [1.807, 2.05) is 31.2 Å². The van der Waals surface area contributed by atoms with Crippen molar-refractivity contribution in [3.63, 3.8) is 0 Å². The number of para-hydroxylation sites is 1. The molecule has 0 spiro atoms. The molecule has 0 aliphatic carbocycles. The van der Waals surface area contributed by atoms with Crippen LogP contribution in [-0.4, -0.2) is 48.5 Å². The van der Waals surface area contributed by atoms with Crippen LogP contribution in [0.4, 0.5) is 0 Å². The first-order chi connectivity index (χ1) is 9.60. The van der Waals surface area contributed by atoms with Gasteiger partial charge in [-0.1, -0.05) is 18.2 Å². The van der Waals surface area contributed by atoms with E-state index in [4.69, 9.17) is 9.47 Å². The highest BCUT2D eigenvalue weighted by Gasteiger charge is 2.25. The standard InChI is InChI=1S/C16H25NO3/c1-4-19-16-8-6-5-7-14(16)15(18)11-17-9-12(2)20-13(3)10-17/h5-8,12-13,15,18H,4,9-11H2,1-3H3/t12-,13+,15?. The zero-order valence-electron chi connectivity index (χ0n) is 12.6. The zero-order valence-corrected chi connectivity index (χ0v) is 12.6. The van der Waals surface area contributed by atoms with Crippen molar-refractivity contribution >= 4 is 0 Å². The normalized spacial score (nSPS) is 25.4. The molecular formula is C16H25NO3. The lowest BCUT2D eigenvalue weighted by molar-refractivity contribution is -0.0768. The second-order valence-electron chi connectivity index (χ2n) is 5.46. The summed E-state index contributed by atoms with van der Waals surface area (Å²) in [5.41, 5.74) is 0.862. The predicted molar refractivity (Wildman–Crippen MR) is 79.0 cm³/mol. The fourth-order valence-electron chi connectivity index (χ4n) is 2.82. The van der Waals surface area contributed by atoms with Crippen molar-refractivity contribution in [1.82, 2.24) is 4.90 Å². The van der Waals surface area contributed by atoms with Gasteiger partial charge in [0.25, 0.3) is 0 Å². The van der Waals surface area contributed by atoms with E-state index in [-0.39, 0.29) is 12.2 Å². The highest BCUT2D eigenvalue weighted by Crippen LogP contribution is 2.26. The SMILES string of the molecule is CCOc1ccccc1C(O)CN1C[C@@H](C)O[C@@H](C)C1. The summed E-state index contributed by atoms with van der Waals surface area (Å²) >= 11 is 0. The molecule has 0 saturated carbocycles. The zero-order chi connectivity index (χ0) is 14.5. The van der Waals surface area contributed by atoms with Gasteiger partial charge in [0, 0.05) is 25.2 Å². The molecule has 1 unspecified atom stereocenters. The lowest BCUT2D eigenvalue weighted by atomic mass is 10.1. The minimum atomic E-state index is -0.532. The fourth-order valence-corrected chi connectivity index (χ4v) is 2.82. The number of β-amino-alcohol motifs (C(OH)–C–C–N with tert-alkyl or cyclic N) is 1. The van der Waals surface area contributed by atoms with Crippen LogP contribution >= 0.6 is 0 Å². The Morgan fingerprint density at radius 1 is 1.30 bits per heavy atom. The number of aliphatic hydroxyl groups is 1. The first kappa shape index (κ1) is 15.3. The van der Waals surface area contributed by atoms with Crippen LogP contribution in [0.1, 0.15) is 32.4 Å². The van der Waals surface area contributed by atoms with Crippen LogP contribution in [0.25, 0.3) is 0 Å². The Morgan fingerprint density at radius 3 is 2.60 bits per heavy atom. The minimum Gasteiger partial charge on any atom is -0.493 e. The summed E-state index contributed by atoms with van der Waals surface area (Å²) in [5, 5.41) is 10.5. The van der Waals surface area contributed by atoms with Crippen LogP contribution in [0, 0.1) is 0 Å². The molecule has 1 fully saturated rings. The molecule has 1 aliphatic rings. The highest BCUT2D eigenvalue weighted by atomic mass is 16.5. The molecule has 1 heterocycles. The van der Waals surface area contributed by atoms with E-state index >= 15 is 0 Å². The van der Waals surface area contributed by atoms with E-state index in [9.17, 15) is 5.11 Å². The van der Waals surface area contributed by atoms with E-state index < -0.39 is 6.10 Å². The molecule has 0 radical (unpaired) electrons. The maximum Gasteiger partial charge on any atom is 0.125 e. The fraction of sp³-hybridized carbons (Fsp3) is 0.625. The number of aliphatic hydroxyl groups excluding tert-OH is 1. The summed E-state index contributed by atoms with van der Waals surface area (Å²) in [6.45, 7) is 9.04. The molecule has 1 aromatic carbocycles. The predicted octanol–water partition coefficient (Wildman–Crippen LogP) is 2.23. The average Bonchev–Trinajstić information content (AvgIpc) is 2.38. The van der Waals surface area contributed by atoms with Gasteiger partial charge < -0.3 is 14.6 Å². The molecule has 1 saturated heterocycles. The summed E-state index contributed by atoms with van der Waals surface area (Å²) in [5.74, 6) is 0.775. The summed E-state index contributed by atoms with van der Waals surface area (Å²) in [7, 11) is 0. The van der Waals surface area contributed by atoms with E-state index in [0.717, 1.165) is 24.4 Å². The third kappa shape index (κ3) is 3.95. The summed E-state index contributed by atoms with van der Waals surface area (Å²) < 4.78 is 11.3. The van der Waals surface area contributed by atoms with Gasteiger partial charge in [0.15, 0.2) is 0 Å². The van der Waals surface area contributed by atoms with Gasteiger partial charge in [0.05, 0.1) is 24.9 Å². The van der Waals surface area contributed by atoms with Crippen LogP contribution in [0.3, 0.4) is 0 Å². The molecule has 112 valence electrons. The van der Waals surface area contributed by atoms with E-state index in [0.29, 0.717) is 13.2 Å². The number of benzene rings is 1. The first-order valence-corrected chi connectivity index (χ1v) is 7.37. The Hall–Kier alpha value is -1.10. The number of rotatable bonds is 5. The number of hydrogen-bond donors (Lipinski definition) is 1. The van der Waals surface area contributed by atoms with Crippen molar-refractivity contribution in [2.45, 2.75) is 39.1 Å². The van der Waals surface area contributed by atoms with Gasteiger partial charge in [0.1, 0.15) is 5.75 Å². The monoisotopic (exact) mass is 279 g/mol. The molecule has 1 N–H and O–H groups in total. The van der Waals surface area contributed by atoms with Crippen LogP contribution in [-0.2, 0) is 4.74 Å². The molecular weight excluding hydrogens is 254 g/mol. The molecule has 0 bridgehead atoms. The molecule has 20 heavy (non-hydrogen) atoms. The number of nitrogens with zero attached hydrogens (tertiary/aromatic N) is 1. The third-order valence-electron chi connectivity index (χ3n) is 3.50. The van der Waals surface area contributed by atoms with Gasteiger partial charge in [-0.2, -0.15) is 0 Å². The Morgan fingerprint density at radius 2 is 1.95 bits per heavy atom. The number of hydrogen-bond acceptors (Lipinski definition) is 4. The molecule has 0 amide bonds. The van der Waals surface area contributed by atoms with Gasteiger partial charge in [-0.3, -0.25) is 4.90 Å². The van der Waals surface area contributed by atoms with E-state index in [1.165, 1.54) is 0 Å². The van der Waals surface area contributed by atoms with E-state index in [1.54, 1.807) is 0 Å². The van der Waals surface area contributed by atoms with Gasteiger partial charge in [0.2, 0.25) is 0 Å². The third-order valence-corrected chi connectivity index (χ3v) is 3.50. The smallest absolute Gasteiger partial charge is 0.125 e. The summed E-state index contributed by atoms with van der Waals surface area (Å²) in [4.78, 5) is 2.26. The molecule has 4 nitrogen and oxygen atoms in total. The number of ether oxygens (including phenoxy) is 2. The van der Waals surface area contributed by atoms with Crippen molar-refractivity contribution in [3.05, 3.63) is 29.8 Å². The van der Waals surface area contributed by atoms with Crippen LogP contribution in [0.15, 0.2) is 24.3 Å². The maximum atomic E-state index is 10.5. The highest BCUT2D eigenvalue weighted by molar-refractivity contribution is 5.35. The Labute approximate surface area is 121 Å².